The Morgan fingerprint density at radius 3 is 1.56 bits per heavy atom. The second-order valence-corrected chi connectivity index (χ2v) is 20.0. The van der Waals surface area contributed by atoms with Crippen LogP contribution in [0.4, 0.5) is 0 Å². The summed E-state index contributed by atoms with van der Waals surface area (Å²) in [7, 11) is 0. The Balaban J connectivity index is 0.00000128. The zero-order valence-electron chi connectivity index (χ0n) is 31.8. The van der Waals surface area contributed by atoms with Crippen LogP contribution < -0.4 is 0 Å². The minimum atomic E-state index is 0.405. The van der Waals surface area contributed by atoms with Gasteiger partial charge in [-0.1, -0.05) is 132 Å². The molecular formula is C45H72. The number of hydrogen-bond donors (Lipinski definition) is 0. The van der Waals surface area contributed by atoms with Crippen molar-refractivity contribution in [2.24, 2.45) is 75.4 Å². The van der Waals surface area contributed by atoms with Crippen LogP contribution in [-0.2, 0) is 0 Å². The lowest BCUT2D eigenvalue weighted by molar-refractivity contribution is 0.0542. The smallest absolute Gasteiger partial charge is 0.00910 e. The third kappa shape index (κ3) is 7.12. The van der Waals surface area contributed by atoms with E-state index in [1.807, 2.05) is 0 Å². The molecule has 10 atom stereocenters. The lowest BCUT2D eigenvalue weighted by Crippen LogP contribution is -2.35. The minimum absolute atomic E-state index is 0.405. The molecule has 252 valence electrons. The summed E-state index contributed by atoms with van der Waals surface area (Å²) < 4.78 is 0. The highest BCUT2D eigenvalue weighted by molar-refractivity contribution is 5.86. The van der Waals surface area contributed by atoms with Crippen LogP contribution in [0.5, 0.6) is 0 Å². The quantitative estimate of drug-likeness (QED) is 0.323. The van der Waals surface area contributed by atoms with E-state index >= 15 is 0 Å². The molecule has 4 aliphatic rings. The van der Waals surface area contributed by atoms with Crippen molar-refractivity contribution in [3.05, 3.63) is 48.0 Å². The van der Waals surface area contributed by atoms with Gasteiger partial charge in [0.1, 0.15) is 0 Å². The second kappa shape index (κ2) is 13.3. The Labute approximate surface area is 280 Å². The molecule has 4 saturated carbocycles. The van der Waals surface area contributed by atoms with Crippen molar-refractivity contribution in [1.82, 2.24) is 0 Å². The summed E-state index contributed by atoms with van der Waals surface area (Å²) in [4.78, 5) is 0. The molecule has 0 amide bonds. The Hall–Kier alpha value is -1.30. The van der Waals surface area contributed by atoms with Gasteiger partial charge < -0.3 is 0 Å². The van der Waals surface area contributed by atoms with Gasteiger partial charge in [0.05, 0.1) is 0 Å². The van der Waals surface area contributed by atoms with Crippen LogP contribution >= 0.6 is 0 Å². The topological polar surface area (TPSA) is 0 Å². The fourth-order valence-electron chi connectivity index (χ4n) is 11.6. The lowest BCUT2D eigenvalue weighted by atomic mass is 9.60. The first kappa shape index (κ1) is 35.0. The molecule has 4 aliphatic carbocycles. The molecule has 45 heavy (non-hydrogen) atoms. The predicted molar refractivity (Wildman–Crippen MR) is 199 cm³/mol. The third-order valence-electron chi connectivity index (χ3n) is 14.1. The molecule has 2 aromatic rings. The molecule has 4 fully saturated rings. The Morgan fingerprint density at radius 2 is 1.07 bits per heavy atom. The average Bonchev–Trinajstić information content (AvgIpc) is 3.51. The van der Waals surface area contributed by atoms with E-state index < -0.39 is 0 Å². The minimum Gasteiger partial charge on any atom is -0.0656 e. The normalized spacial score (nSPS) is 36.2. The van der Waals surface area contributed by atoms with Crippen molar-refractivity contribution in [2.75, 3.05) is 0 Å². The standard InChI is InChI=1S/C42H64.C3H8/c1-26-22-30(42(8,9)10)25-35(26)39(32-17-13-15-27-14-11-12-16-31(27)32)38-33-20-18-28(40(2,3)4)23-36(33)37-24-29(41(5,6)7)19-21-34(37)38;1-3-2/h11-17,26,28-30,33-39H,18-25H2,1-10H3;3H2,1-2H3/t26?,28?,29?,30?,33?,34?,35?,36?,37?,38?,39-;/m1./s1. The molecule has 0 radical (unpaired) electrons. The van der Waals surface area contributed by atoms with Gasteiger partial charge in [-0.25, -0.2) is 0 Å². The molecule has 0 spiro atoms. The first-order chi connectivity index (χ1) is 21.1. The number of fused-ring (bicyclic) bond motifs is 4. The molecule has 0 nitrogen and oxygen atoms in total. The number of hydrogen-bond acceptors (Lipinski definition) is 0. The van der Waals surface area contributed by atoms with Gasteiger partial charge in [0.2, 0.25) is 0 Å². The molecule has 0 aliphatic heterocycles. The second-order valence-electron chi connectivity index (χ2n) is 20.0. The molecule has 0 heteroatoms. The van der Waals surface area contributed by atoms with E-state index in [1.165, 1.54) is 63.2 Å². The predicted octanol–water partition coefficient (Wildman–Crippen LogP) is 13.8. The van der Waals surface area contributed by atoms with Crippen LogP contribution in [0.3, 0.4) is 0 Å². The Morgan fingerprint density at radius 1 is 0.578 bits per heavy atom. The SMILES string of the molecule is CC1CC(C(C)(C)C)CC1[C@@H](c1cccc2ccccc12)C1C2CCC(C(C)(C)C)CC2C2CC(C(C)(C)C)CCC21.CCC. The molecule has 9 unspecified atom stereocenters. The van der Waals surface area contributed by atoms with Crippen LogP contribution in [0.15, 0.2) is 42.5 Å². The van der Waals surface area contributed by atoms with Gasteiger partial charge in [0.25, 0.3) is 0 Å². The molecule has 6 rings (SSSR count). The van der Waals surface area contributed by atoms with Crippen LogP contribution in [0, 0.1) is 75.4 Å². The summed E-state index contributed by atoms with van der Waals surface area (Å²) in [5.74, 6) is 9.53. The van der Waals surface area contributed by atoms with E-state index in [9.17, 15) is 0 Å². The molecule has 0 N–H and O–H groups in total. The summed E-state index contributed by atoms with van der Waals surface area (Å²) >= 11 is 0. The summed E-state index contributed by atoms with van der Waals surface area (Å²) in [5, 5.41) is 3.01. The Bertz CT molecular complexity index is 1200. The van der Waals surface area contributed by atoms with Gasteiger partial charge in [-0.15, -0.1) is 0 Å². The van der Waals surface area contributed by atoms with Gasteiger partial charge in [-0.2, -0.15) is 0 Å². The molecule has 2 aromatic carbocycles. The lowest BCUT2D eigenvalue weighted by Gasteiger charge is -2.44. The van der Waals surface area contributed by atoms with Gasteiger partial charge in [-0.3, -0.25) is 0 Å². The number of benzene rings is 2. The zero-order chi connectivity index (χ0) is 32.9. The van der Waals surface area contributed by atoms with E-state index in [1.54, 1.807) is 10.9 Å². The van der Waals surface area contributed by atoms with Crippen molar-refractivity contribution < 1.29 is 0 Å². The molecule has 0 saturated heterocycles. The summed E-state index contributed by atoms with van der Waals surface area (Å²) in [6, 6.07) is 16.8. The zero-order valence-corrected chi connectivity index (χ0v) is 31.8. The van der Waals surface area contributed by atoms with E-state index in [2.05, 4.69) is 126 Å². The molecule has 0 bridgehead atoms. The summed E-state index contributed by atoms with van der Waals surface area (Å²) in [5.41, 5.74) is 3.00. The van der Waals surface area contributed by atoms with E-state index in [0.717, 1.165) is 59.2 Å². The van der Waals surface area contributed by atoms with Gasteiger partial charge >= 0.3 is 0 Å². The van der Waals surface area contributed by atoms with Gasteiger partial charge in [0, 0.05) is 0 Å². The first-order valence-corrected chi connectivity index (χ1v) is 19.5. The maximum absolute atomic E-state index is 2.64. The summed E-state index contributed by atoms with van der Waals surface area (Å²) in [6.45, 7) is 29.6. The maximum Gasteiger partial charge on any atom is -0.00910 e. The van der Waals surface area contributed by atoms with Crippen LogP contribution in [0.25, 0.3) is 10.8 Å². The van der Waals surface area contributed by atoms with E-state index in [4.69, 9.17) is 0 Å². The van der Waals surface area contributed by atoms with Crippen molar-refractivity contribution in [1.29, 1.82) is 0 Å². The largest absolute Gasteiger partial charge is 0.0656 e. The first-order valence-electron chi connectivity index (χ1n) is 19.5. The van der Waals surface area contributed by atoms with Gasteiger partial charge in [-0.05, 0) is 149 Å². The van der Waals surface area contributed by atoms with Crippen molar-refractivity contribution in [3.63, 3.8) is 0 Å². The fraction of sp³-hybridized carbons (Fsp3) is 0.778. The van der Waals surface area contributed by atoms with Crippen molar-refractivity contribution >= 4 is 10.8 Å². The highest BCUT2D eigenvalue weighted by Crippen LogP contribution is 2.67. The van der Waals surface area contributed by atoms with Crippen molar-refractivity contribution in [2.45, 2.75) is 147 Å². The van der Waals surface area contributed by atoms with Crippen LogP contribution in [-0.4, -0.2) is 0 Å². The summed E-state index contributed by atoms with van der Waals surface area (Å²) in [6.07, 6.45) is 13.0. The van der Waals surface area contributed by atoms with Crippen molar-refractivity contribution in [3.8, 4) is 0 Å². The third-order valence-corrected chi connectivity index (χ3v) is 14.1. The van der Waals surface area contributed by atoms with Crippen LogP contribution in [0.2, 0.25) is 0 Å². The van der Waals surface area contributed by atoms with E-state index in [0.29, 0.717) is 22.2 Å². The molecule has 0 heterocycles. The number of rotatable bonds is 3. The highest BCUT2D eigenvalue weighted by Gasteiger charge is 2.59. The molecular weight excluding hydrogens is 540 g/mol. The van der Waals surface area contributed by atoms with Gasteiger partial charge in [0.15, 0.2) is 0 Å². The fourth-order valence-corrected chi connectivity index (χ4v) is 11.6. The van der Waals surface area contributed by atoms with Crippen LogP contribution in [0.1, 0.15) is 152 Å². The average molecular weight is 613 g/mol. The monoisotopic (exact) mass is 613 g/mol. The van der Waals surface area contributed by atoms with E-state index in [-0.39, 0.29) is 0 Å². The molecule has 0 aromatic heterocycles. The maximum atomic E-state index is 2.64. The Kier molecular flexibility index (Phi) is 10.4. The highest BCUT2D eigenvalue weighted by atomic mass is 14.6.